The van der Waals surface area contributed by atoms with E-state index in [1.807, 2.05) is 0 Å². The van der Waals surface area contributed by atoms with Gasteiger partial charge in [-0.3, -0.25) is 14.4 Å². The van der Waals surface area contributed by atoms with Crippen LogP contribution in [0.3, 0.4) is 0 Å². The van der Waals surface area contributed by atoms with Crippen molar-refractivity contribution in [1.29, 1.82) is 0 Å². The molecule has 1 aliphatic carbocycles. The lowest BCUT2D eigenvalue weighted by Crippen LogP contribution is -2.39. The number of hydrogen-bond acceptors (Lipinski definition) is 5. The fourth-order valence-electron chi connectivity index (χ4n) is 5.67. The molecule has 33 heavy (non-hydrogen) atoms. The minimum atomic E-state index is -0.455. The van der Waals surface area contributed by atoms with E-state index in [1.165, 1.54) is 37.4 Å². The Kier molecular flexibility index (Phi) is 6.71. The Morgan fingerprint density at radius 2 is 1.70 bits per heavy atom. The third kappa shape index (κ3) is 4.95. The second kappa shape index (κ2) is 9.87. The lowest BCUT2D eigenvalue weighted by molar-refractivity contribution is -0.121. The monoisotopic (exact) mass is 468 g/mol. The van der Waals surface area contributed by atoms with Gasteiger partial charge in [-0.2, -0.15) is 4.99 Å². The molecule has 1 aromatic carbocycles. The van der Waals surface area contributed by atoms with Gasteiger partial charge in [0.15, 0.2) is 5.17 Å². The van der Waals surface area contributed by atoms with Gasteiger partial charge in [0.05, 0.1) is 0 Å². The van der Waals surface area contributed by atoms with Crippen molar-refractivity contribution in [1.82, 2.24) is 9.80 Å². The molecule has 1 saturated carbocycles. The maximum atomic E-state index is 13.1. The maximum absolute atomic E-state index is 13.1. The van der Waals surface area contributed by atoms with Crippen LogP contribution in [0.1, 0.15) is 68.1 Å². The topological polar surface area (TPSA) is 82.1 Å². The number of nitrogens with one attached hydrogen (secondary N) is 1. The van der Waals surface area contributed by atoms with Crippen LogP contribution in [-0.2, 0) is 9.59 Å². The van der Waals surface area contributed by atoms with E-state index in [0.717, 1.165) is 50.5 Å². The molecule has 3 amide bonds. The molecule has 3 fully saturated rings. The summed E-state index contributed by atoms with van der Waals surface area (Å²) < 4.78 is 0. The van der Waals surface area contributed by atoms with Gasteiger partial charge in [0, 0.05) is 43.3 Å². The third-order valence-electron chi connectivity index (χ3n) is 7.40. The van der Waals surface area contributed by atoms with Crippen LogP contribution in [0.2, 0.25) is 0 Å². The number of aliphatic imine (C=N–C) groups is 1. The molecule has 0 radical (unpaired) electrons. The van der Waals surface area contributed by atoms with E-state index in [2.05, 4.69) is 20.1 Å². The van der Waals surface area contributed by atoms with Crippen molar-refractivity contribution in [3.05, 3.63) is 29.8 Å². The second-order valence-electron chi connectivity index (χ2n) is 9.62. The summed E-state index contributed by atoms with van der Waals surface area (Å²) in [7, 11) is 0. The lowest BCUT2D eigenvalue weighted by atomic mass is 9.95. The van der Waals surface area contributed by atoms with Crippen LogP contribution < -0.4 is 5.32 Å². The van der Waals surface area contributed by atoms with Crippen molar-refractivity contribution in [2.45, 2.75) is 69.1 Å². The summed E-state index contributed by atoms with van der Waals surface area (Å²) >= 11 is 1.40. The first-order chi connectivity index (χ1) is 16.1. The number of amides is 3. The zero-order valence-corrected chi connectivity index (χ0v) is 19.8. The number of anilines is 1. The summed E-state index contributed by atoms with van der Waals surface area (Å²) in [5.74, 6) is 0.321. The molecular formula is C25H32N4O3S. The molecule has 1 N–H and O–H groups in total. The van der Waals surface area contributed by atoms with E-state index in [9.17, 15) is 14.4 Å². The first-order valence-electron chi connectivity index (χ1n) is 12.3. The number of benzene rings is 1. The highest BCUT2D eigenvalue weighted by atomic mass is 32.2. The van der Waals surface area contributed by atoms with Crippen LogP contribution in [-0.4, -0.2) is 63.6 Å². The second-order valence-corrected chi connectivity index (χ2v) is 10.8. The molecule has 3 heterocycles. The first kappa shape index (κ1) is 22.4. The van der Waals surface area contributed by atoms with Gasteiger partial charge in [0.2, 0.25) is 5.91 Å². The van der Waals surface area contributed by atoms with Crippen molar-refractivity contribution in [3.8, 4) is 0 Å². The summed E-state index contributed by atoms with van der Waals surface area (Å²) in [6, 6.07) is 7.54. The maximum Gasteiger partial charge on any atom is 0.262 e. The number of carbonyl (C=O) groups excluding carboxylic acids is 3. The van der Waals surface area contributed by atoms with E-state index in [0.29, 0.717) is 23.2 Å². The predicted molar refractivity (Wildman–Crippen MR) is 130 cm³/mol. The molecule has 0 spiro atoms. The van der Waals surface area contributed by atoms with E-state index < -0.39 is 5.25 Å². The van der Waals surface area contributed by atoms with Crippen molar-refractivity contribution in [2.24, 2.45) is 10.9 Å². The van der Waals surface area contributed by atoms with Crippen LogP contribution in [0.5, 0.6) is 0 Å². The largest absolute Gasteiger partial charge is 0.351 e. The summed E-state index contributed by atoms with van der Waals surface area (Å²) in [5.41, 5.74) is 1.31. The molecule has 1 aromatic rings. The SMILES string of the molecule is O=C(CC1SC(N2CCCC2)=NC1=O)Nc1ccc(C(=O)N2CCCC2C2CCCC2)cc1. The Labute approximate surface area is 199 Å². The smallest absolute Gasteiger partial charge is 0.262 e. The standard InChI is InChI=1S/C25H32N4O3S/c30-22(16-21-23(31)27-25(33-21)28-13-3-4-14-28)26-19-11-9-18(10-12-19)24(32)29-15-5-8-20(29)17-6-1-2-7-17/h9-12,17,20-21H,1-8,13-16H2,(H,26,30). The highest BCUT2D eigenvalue weighted by Gasteiger charge is 2.36. The van der Waals surface area contributed by atoms with Gasteiger partial charge >= 0.3 is 0 Å². The third-order valence-corrected chi connectivity index (χ3v) is 8.61. The van der Waals surface area contributed by atoms with Gasteiger partial charge in [0.25, 0.3) is 11.8 Å². The molecule has 5 rings (SSSR count). The zero-order chi connectivity index (χ0) is 22.8. The molecule has 176 valence electrons. The molecule has 4 aliphatic rings. The minimum Gasteiger partial charge on any atom is -0.351 e. The average Bonchev–Trinajstić information content (AvgIpc) is 3.61. The molecule has 0 aromatic heterocycles. The zero-order valence-electron chi connectivity index (χ0n) is 19.0. The van der Waals surface area contributed by atoms with Gasteiger partial charge in [-0.1, -0.05) is 24.6 Å². The Balaban J connectivity index is 1.14. The van der Waals surface area contributed by atoms with Gasteiger partial charge in [0.1, 0.15) is 5.25 Å². The molecule has 8 heteroatoms. The summed E-state index contributed by atoms with van der Waals surface area (Å²) in [5, 5.41) is 3.17. The number of thioether (sulfide) groups is 1. The van der Waals surface area contributed by atoms with Crippen LogP contribution >= 0.6 is 11.8 Å². The molecule has 2 atom stereocenters. The van der Waals surface area contributed by atoms with Gasteiger partial charge in [-0.25, -0.2) is 0 Å². The van der Waals surface area contributed by atoms with Crippen molar-refractivity contribution < 1.29 is 14.4 Å². The summed E-state index contributed by atoms with van der Waals surface area (Å²) in [6.45, 7) is 2.71. The molecule has 3 aliphatic heterocycles. The van der Waals surface area contributed by atoms with Crippen molar-refractivity contribution >= 4 is 40.3 Å². The Morgan fingerprint density at radius 3 is 2.42 bits per heavy atom. The number of nitrogens with zero attached hydrogens (tertiary/aromatic N) is 3. The number of rotatable bonds is 5. The fraction of sp³-hybridized carbons (Fsp3) is 0.600. The highest BCUT2D eigenvalue weighted by molar-refractivity contribution is 8.15. The quantitative estimate of drug-likeness (QED) is 0.709. The Hall–Kier alpha value is -2.35. The number of carbonyl (C=O) groups is 3. The van der Waals surface area contributed by atoms with E-state index in [-0.39, 0.29) is 24.1 Å². The Bertz CT molecular complexity index is 935. The van der Waals surface area contributed by atoms with Gasteiger partial charge in [-0.05, 0) is 68.7 Å². The van der Waals surface area contributed by atoms with E-state index in [1.54, 1.807) is 24.3 Å². The van der Waals surface area contributed by atoms with Crippen LogP contribution in [0.4, 0.5) is 5.69 Å². The van der Waals surface area contributed by atoms with Crippen molar-refractivity contribution in [3.63, 3.8) is 0 Å². The molecule has 2 saturated heterocycles. The first-order valence-corrected chi connectivity index (χ1v) is 13.2. The summed E-state index contributed by atoms with van der Waals surface area (Å²) in [4.78, 5) is 46.3. The van der Waals surface area contributed by atoms with Crippen molar-refractivity contribution in [2.75, 3.05) is 25.0 Å². The number of amidine groups is 1. The van der Waals surface area contributed by atoms with Gasteiger partial charge in [-0.15, -0.1) is 0 Å². The van der Waals surface area contributed by atoms with E-state index >= 15 is 0 Å². The Morgan fingerprint density at radius 1 is 0.970 bits per heavy atom. The fourth-order valence-corrected chi connectivity index (χ4v) is 6.79. The number of hydrogen-bond donors (Lipinski definition) is 1. The van der Waals surface area contributed by atoms with Crippen LogP contribution in [0, 0.1) is 5.92 Å². The highest BCUT2D eigenvalue weighted by Crippen LogP contribution is 2.36. The van der Waals surface area contributed by atoms with E-state index in [4.69, 9.17) is 0 Å². The molecule has 0 bridgehead atoms. The van der Waals surface area contributed by atoms with Crippen LogP contribution in [0.25, 0.3) is 0 Å². The molecular weight excluding hydrogens is 436 g/mol. The molecule has 2 unspecified atom stereocenters. The normalized spacial score (nSPS) is 25.7. The number of likely N-dealkylation sites (tertiary alicyclic amines) is 2. The summed E-state index contributed by atoms with van der Waals surface area (Å²) in [6.07, 6.45) is 9.60. The minimum absolute atomic E-state index is 0.0989. The average molecular weight is 469 g/mol. The lowest BCUT2D eigenvalue weighted by Gasteiger charge is -2.29. The predicted octanol–water partition coefficient (Wildman–Crippen LogP) is 3.90. The van der Waals surface area contributed by atoms with Gasteiger partial charge < -0.3 is 15.1 Å². The molecule has 7 nitrogen and oxygen atoms in total. The van der Waals surface area contributed by atoms with Crippen LogP contribution in [0.15, 0.2) is 29.3 Å².